The maximum Gasteiger partial charge on any atom is 0.270 e. The van der Waals surface area contributed by atoms with Crippen molar-refractivity contribution < 1.29 is 9.53 Å². The number of rotatable bonds is 5. The van der Waals surface area contributed by atoms with E-state index in [1.165, 1.54) is 25.7 Å². The first-order valence-electron chi connectivity index (χ1n) is 9.22. The van der Waals surface area contributed by atoms with Gasteiger partial charge < -0.3 is 15.4 Å². The second-order valence-electron chi connectivity index (χ2n) is 6.71. The molecule has 1 heterocycles. The summed E-state index contributed by atoms with van der Waals surface area (Å²) in [6.45, 7) is 1.86. The number of carbonyl (C=O) groups excluding carboxylic acids is 1. The van der Waals surface area contributed by atoms with E-state index >= 15 is 0 Å². The molecule has 0 unspecified atom stereocenters. The number of aromatic nitrogens is 2. The Labute approximate surface area is 154 Å². The molecule has 2 N–H and O–H groups in total. The number of anilines is 2. The molecule has 1 saturated carbocycles. The van der Waals surface area contributed by atoms with Crippen molar-refractivity contribution in [3.05, 3.63) is 41.7 Å². The fraction of sp³-hybridized carbons (Fsp3) is 0.450. The maximum atomic E-state index is 12.7. The molecule has 0 saturated heterocycles. The highest BCUT2D eigenvalue weighted by atomic mass is 16.5. The van der Waals surface area contributed by atoms with Gasteiger partial charge >= 0.3 is 0 Å². The molecule has 0 aliphatic heterocycles. The van der Waals surface area contributed by atoms with Crippen molar-refractivity contribution in [3.8, 4) is 5.75 Å². The summed E-state index contributed by atoms with van der Waals surface area (Å²) in [5, 5.41) is 6.28. The van der Waals surface area contributed by atoms with E-state index in [-0.39, 0.29) is 11.9 Å². The summed E-state index contributed by atoms with van der Waals surface area (Å²) in [4.78, 5) is 21.4. The number of ether oxygens (including phenoxy) is 1. The number of nitrogens with zero attached hydrogens (tertiary/aromatic N) is 2. The zero-order valence-corrected chi connectivity index (χ0v) is 15.4. The maximum absolute atomic E-state index is 12.7. The van der Waals surface area contributed by atoms with Crippen LogP contribution in [-0.2, 0) is 0 Å². The number of hydrogen-bond donors (Lipinski definition) is 2. The molecule has 6 heteroatoms. The fourth-order valence-corrected chi connectivity index (χ4v) is 3.29. The Morgan fingerprint density at radius 1 is 1.12 bits per heavy atom. The molecule has 2 aromatic rings. The highest BCUT2D eigenvalue weighted by molar-refractivity contribution is 5.93. The van der Waals surface area contributed by atoms with Crippen molar-refractivity contribution in [1.29, 1.82) is 0 Å². The molecule has 1 amide bonds. The van der Waals surface area contributed by atoms with Crippen LogP contribution in [0.25, 0.3) is 0 Å². The summed E-state index contributed by atoms with van der Waals surface area (Å²) in [6.07, 6.45) is 6.95. The highest BCUT2D eigenvalue weighted by Crippen LogP contribution is 2.25. The lowest BCUT2D eigenvalue weighted by molar-refractivity contribution is 0.0928. The van der Waals surface area contributed by atoms with Crippen molar-refractivity contribution >= 4 is 17.5 Å². The highest BCUT2D eigenvalue weighted by Gasteiger charge is 2.18. The number of benzene rings is 1. The van der Waals surface area contributed by atoms with Gasteiger partial charge in [-0.25, -0.2) is 9.97 Å². The molecule has 1 aliphatic carbocycles. The minimum absolute atomic E-state index is 0.134. The topological polar surface area (TPSA) is 76.1 Å². The lowest BCUT2D eigenvalue weighted by Gasteiger charge is -2.16. The summed E-state index contributed by atoms with van der Waals surface area (Å²) in [7, 11) is 1.61. The van der Waals surface area contributed by atoms with Crippen molar-refractivity contribution in [2.75, 3.05) is 12.4 Å². The predicted octanol–water partition coefficient (Wildman–Crippen LogP) is 3.99. The third-order valence-electron chi connectivity index (χ3n) is 4.63. The SMILES string of the molecule is COc1ccccc1Nc1nc(C)cc(C(=O)NC2CCCCCC2)n1. The Morgan fingerprint density at radius 3 is 2.58 bits per heavy atom. The van der Waals surface area contributed by atoms with E-state index in [1.54, 1.807) is 13.2 Å². The number of methoxy groups -OCH3 is 1. The number of amides is 1. The van der Waals surface area contributed by atoms with Crippen LogP contribution >= 0.6 is 0 Å². The summed E-state index contributed by atoms with van der Waals surface area (Å²) in [5.41, 5.74) is 1.89. The third-order valence-corrected chi connectivity index (χ3v) is 4.63. The van der Waals surface area contributed by atoms with E-state index in [2.05, 4.69) is 20.6 Å². The normalized spacial score (nSPS) is 15.2. The number of para-hydroxylation sites is 2. The first-order chi connectivity index (χ1) is 12.7. The average molecular weight is 354 g/mol. The Balaban J connectivity index is 1.75. The van der Waals surface area contributed by atoms with Crippen LogP contribution in [0.15, 0.2) is 30.3 Å². The van der Waals surface area contributed by atoms with Crippen molar-refractivity contribution in [3.63, 3.8) is 0 Å². The molecule has 1 aliphatic rings. The minimum atomic E-state index is -0.134. The molecule has 0 spiro atoms. The summed E-state index contributed by atoms with van der Waals surface area (Å²) < 4.78 is 5.34. The summed E-state index contributed by atoms with van der Waals surface area (Å²) in [5.74, 6) is 0.952. The van der Waals surface area contributed by atoms with Gasteiger partial charge in [-0.05, 0) is 38.0 Å². The standard InChI is InChI=1S/C20H26N4O2/c1-14-13-17(19(25)22-15-9-5-3-4-6-10-15)24-20(21-14)23-16-11-7-8-12-18(16)26-2/h7-8,11-13,15H,3-6,9-10H2,1-2H3,(H,22,25)(H,21,23,24). The van der Waals surface area contributed by atoms with E-state index in [1.807, 2.05) is 31.2 Å². The van der Waals surface area contributed by atoms with Crippen LogP contribution in [-0.4, -0.2) is 29.0 Å². The molecule has 6 nitrogen and oxygen atoms in total. The van der Waals surface area contributed by atoms with Gasteiger partial charge in [-0.15, -0.1) is 0 Å². The quantitative estimate of drug-likeness (QED) is 0.794. The molecular weight excluding hydrogens is 328 g/mol. The van der Waals surface area contributed by atoms with E-state index < -0.39 is 0 Å². The fourth-order valence-electron chi connectivity index (χ4n) is 3.29. The Morgan fingerprint density at radius 2 is 1.85 bits per heavy atom. The lowest BCUT2D eigenvalue weighted by atomic mass is 10.1. The zero-order valence-electron chi connectivity index (χ0n) is 15.4. The molecular formula is C20H26N4O2. The monoisotopic (exact) mass is 354 g/mol. The van der Waals surface area contributed by atoms with Crippen LogP contribution in [0.5, 0.6) is 5.75 Å². The zero-order chi connectivity index (χ0) is 18.4. The van der Waals surface area contributed by atoms with Gasteiger partial charge in [-0.2, -0.15) is 0 Å². The molecule has 138 valence electrons. The summed E-state index contributed by atoms with van der Waals surface area (Å²) in [6, 6.07) is 9.51. The lowest BCUT2D eigenvalue weighted by Crippen LogP contribution is -2.35. The molecule has 1 fully saturated rings. The second kappa shape index (κ2) is 8.65. The first kappa shape index (κ1) is 18.2. The van der Waals surface area contributed by atoms with Crippen molar-refractivity contribution in [2.24, 2.45) is 0 Å². The van der Waals surface area contributed by atoms with Crippen LogP contribution in [0.1, 0.15) is 54.7 Å². The minimum Gasteiger partial charge on any atom is -0.495 e. The molecule has 3 rings (SSSR count). The van der Waals surface area contributed by atoms with Crippen LogP contribution in [0.2, 0.25) is 0 Å². The van der Waals surface area contributed by atoms with Gasteiger partial charge in [0.1, 0.15) is 11.4 Å². The largest absolute Gasteiger partial charge is 0.495 e. The summed E-state index contributed by atoms with van der Waals surface area (Å²) >= 11 is 0. The smallest absolute Gasteiger partial charge is 0.270 e. The molecule has 1 aromatic carbocycles. The number of carbonyl (C=O) groups is 1. The van der Waals surface area contributed by atoms with Gasteiger partial charge in [0.15, 0.2) is 0 Å². The average Bonchev–Trinajstić information content (AvgIpc) is 2.90. The van der Waals surface area contributed by atoms with E-state index in [4.69, 9.17) is 4.74 Å². The molecule has 26 heavy (non-hydrogen) atoms. The number of hydrogen-bond acceptors (Lipinski definition) is 5. The molecule has 1 aromatic heterocycles. The van der Waals surface area contributed by atoms with Gasteiger partial charge in [0.05, 0.1) is 12.8 Å². The van der Waals surface area contributed by atoms with Gasteiger partial charge in [-0.3, -0.25) is 4.79 Å². The molecule has 0 radical (unpaired) electrons. The predicted molar refractivity (Wildman–Crippen MR) is 102 cm³/mol. The number of nitrogens with one attached hydrogen (secondary N) is 2. The molecule has 0 atom stereocenters. The third kappa shape index (κ3) is 4.71. The second-order valence-corrected chi connectivity index (χ2v) is 6.71. The van der Waals surface area contributed by atoms with Crippen molar-refractivity contribution in [1.82, 2.24) is 15.3 Å². The van der Waals surface area contributed by atoms with Crippen LogP contribution in [0.3, 0.4) is 0 Å². The van der Waals surface area contributed by atoms with E-state index in [9.17, 15) is 4.79 Å². The Bertz CT molecular complexity index is 755. The number of aryl methyl sites for hydroxylation is 1. The van der Waals surface area contributed by atoms with Gasteiger partial charge in [-0.1, -0.05) is 37.8 Å². The van der Waals surface area contributed by atoms with Crippen LogP contribution in [0.4, 0.5) is 11.6 Å². The van der Waals surface area contributed by atoms with Crippen LogP contribution < -0.4 is 15.4 Å². The van der Waals surface area contributed by atoms with Gasteiger partial charge in [0, 0.05) is 11.7 Å². The van der Waals surface area contributed by atoms with Gasteiger partial charge in [0.25, 0.3) is 5.91 Å². The first-order valence-corrected chi connectivity index (χ1v) is 9.22. The van der Waals surface area contributed by atoms with Crippen molar-refractivity contribution in [2.45, 2.75) is 51.5 Å². The van der Waals surface area contributed by atoms with E-state index in [0.717, 1.165) is 24.2 Å². The Hall–Kier alpha value is -2.63. The Kier molecular flexibility index (Phi) is 6.04. The van der Waals surface area contributed by atoms with Crippen LogP contribution in [0, 0.1) is 6.92 Å². The molecule has 0 bridgehead atoms. The van der Waals surface area contributed by atoms with Gasteiger partial charge in [0.2, 0.25) is 5.95 Å². The van der Waals surface area contributed by atoms with E-state index in [0.29, 0.717) is 17.4 Å².